The van der Waals surface area contributed by atoms with Crippen LogP contribution in [0.1, 0.15) is 15.9 Å². The number of benzene rings is 2. The Kier molecular flexibility index (Phi) is 5.93. The van der Waals surface area contributed by atoms with Crippen LogP contribution in [0.2, 0.25) is 5.02 Å². The molecule has 0 fully saturated rings. The molecule has 2 rings (SSSR count). The van der Waals surface area contributed by atoms with Gasteiger partial charge in [0.15, 0.2) is 0 Å². The van der Waals surface area contributed by atoms with Gasteiger partial charge in [0.1, 0.15) is 17.2 Å². The van der Waals surface area contributed by atoms with Gasteiger partial charge in [-0.1, -0.05) is 11.6 Å². The SMILES string of the molecule is COc1ccc(C(=O)N(C)Cc2cc(Cl)ccc2OC)c(OC)c1. The maximum Gasteiger partial charge on any atom is 0.257 e. The van der Waals surface area contributed by atoms with E-state index in [0.717, 1.165) is 5.56 Å². The van der Waals surface area contributed by atoms with Crippen molar-refractivity contribution < 1.29 is 19.0 Å². The summed E-state index contributed by atoms with van der Waals surface area (Å²) in [4.78, 5) is 14.3. The zero-order valence-electron chi connectivity index (χ0n) is 14.1. The molecule has 2 aromatic carbocycles. The number of nitrogens with zero attached hydrogens (tertiary/aromatic N) is 1. The standard InChI is InChI=1S/C18H20ClNO4/c1-20(11-12-9-13(19)5-8-16(12)23-3)18(21)15-7-6-14(22-2)10-17(15)24-4/h5-10H,11H2,1-4H3. The van der Waals surface area contributed by atoms with E-state index in [1.165, 1.54) is 7.11 Å². The first-order valence-corrected chi connectivity index (χ1v) is 7.67. The summed E-state index contributed by atoms with van der Waals surface area (Å²) < 4.78 is 15.8. The summed E-state index contributed by atoms with van der Waals surface area (Å²) in [7, 11) is 6.38. The van der Waals surface area contributed by atoms with Gasteiger partial charge >= 0.3 is 0 Å². The van der Waals surface area contributed by atoms with Crippen molar-refractivity contribution >= 4 is 17.5 Å². The highest BCUT2D eigenvalue weighted by molar-refractivity contribution is 6.30. The quantitative estimate of drug-likeness (QED) is 0.799. The third-order valence-corrected chi connectivity index (χ3v) is 3.87. The normalized spacial score (nSPS) is 10.2. The van der Waals surface area contributed by atoms with E-state index in [0.29, 0.717) is 34.4 Å². The maximum atomic E-state index is 12.7. The minimum absolute atomic E-state index is 0.170. The molecule has 0 saturated heterocycles. The third-order valence-electron chi connectivity index (χ3n) is 3.64. The van der Waals surface area contributed by atoms with Gasteiger partial charge in [-0.15, -0.1) is 0 Å². The summed E-state index contributed by atoms with van der Waals surface area (Å²) in [6.07, 6.45) is 0. The van der Waals surface area contributed by atoms with Crippen LogP contribution in [-0.4, -0.2) is 39.2 Å². The predicted molar refractivity (Wildman–Crippen MR) is 93.3 cm³/mol. The zero-order valence-corrected chi connectivity index (χ0v) is 14.9. The Morgan fingerprint density at radius 3 is 2.33 bits per heavy atom. The van der Waals surface area contributed by atoms with Gasteiger partial charge in [-0.3, -0.25) is 4.79 Å². The molecule has 0 aliphatic heterocycles. The average Bonchev–Trinajstić information content (AvgIpc) is 2.60. The van der Waals surface area contributed by atoms with E-state index in [-0.39, 0.29) is 5.91 Å². The number of rotatable bonds is 6. The Morgan fingerprint density at radius 2 is 1.71 bits per heavy atom. The lowest BCUT2D eigenvalue weighted by molar-refractivity contribution is 0.0781. The number of carbonyl (C=O) groups excluding carboxylic acids is 1. The van der Waals surface area contributed by atoms with Gasteiger partial charge in [0, 0.05) is 30.2 Å². The summed E-state index contributed by atoms with van der Waals surface area (Å²) >= 11 is 6.04. The van der Waals surface area contributed by atoms with Crippen LogP contribution in [0.15, 0.2) is 36.4 Å². The highest BCUT2D eigenvalue weighted by atomic mass is 35.5. The summed E-state index contributed by atoms with van der Waals surface area (Å²) in [5, 5.41) is 0.591. The second-order valence-corrected chi connectivity index (χ2v) is 5.62. The molecule has 0 atom stereocenters. The van der Waals surface area contributed by atoms with Crippen LogP contribution in [-0.2, 0) is 6.54 Å². The van der Waals surface area contributed by atoms with Crippen LogP contribution in [0.3, 0.4) is 0 Å². The fraction of sp³-hybridized carbons (Fsp3) is 0.278. The second-order valence-electron chi connectivity index (χ2n) is 5.18. The Balaban J connectivity index is 2.26. The molecule has 0 N–H and O–H groups in total. The van der Waals surface area contributed by atoms with Crippen LogP contribution in [0.4, 0.5) is 0 Å². The largest absolute Gasteiger partial charge is 0.497 e. The van der Waals surface area contributed by atoms with Crippen molar-refractivity contribution in [3.63, 3.8) is 0 Å². The van der Waals surface area contributed by atoms with E-state index in [9.17, 15) is 4.79 Å². The molecule has 0 aromatic heterocycles. The molecule has 6 heteroatoms. The number of halogens is 1. The Hall–Kier alpha value is -2.40. The van der Waals surface area contributed by atoms with Crippen molar-refractivity contribution in [2.45, 2.75) is 6.54 Å². The number of hydrogen-bond donors (Lipinski definition) is 0. The molecule has 0 radical (unpaired) electrons. The first-order chi connectivity index (χ1) is 11.5. The van der Waals surface area contributed by atoms with E-state index in [1.54, 1.807) is 62.6 Å². The molecule has 0 spiro atoms. The zero-order chi connectivity index (χ0) is 17.7. The first-order valence-electron chi connectivity index (χ1n) is 7.30. The molecular weight excluding hydrogens is 330 g/mol. The van der Waals surface area contributed by atoms with Crippen molar-refractivity contribution in [2.24, 2.45) is 0 Å². The Bertz CT molecular complexity index is 733. The fourth-order valence-corrected chi connectivity index (χ4v) is 2.57. The lowest BCUT2D eigenvalue weighted by Gasteiger charge is -2.20. The van der Waals surface area contributed by atoms with E-state index >= 15 is 0 Å². The van der Waals surface area contributed by atoms with Crippen LogP contribution in [0.5, 0.6) is 17.2 Å². The van der Waals surface area contributed by atoms with Crippen molar-refractivity contribution in [1.29, 1.82) is 0 Å². The molecule has 0 saturated carbocycles. The maximum absolute atomic E-state index is 12.7. The molecule has 0 bridgehead atoms. The molecule has 0 unspecified atom stereocenters. The smallest absolute Gasteiger partial charge is 0.257 e. The number of hydrogen-bond acceptors (Lipinski definition) is 4. The lowest BCUT2D eigenvalue weighted by Crippen LogP contribution is -2.26. The number of methoxy groups -OCH3 is 3. The lowest BCUT2D eigenvalue weighted by atomic mass is 10.1. The highest BCUT2D eigenvalue weighted by Gasteiger charge is 2.19. The minimum Gasteiger partial charge on any atom is -0.497 e. The molecule has 1 amide bonds. The van der Waals surface area contributed by atoms with Crippen LogP contribution in [0.25, 0.3) is 0 Å². The first kappa shape index (κ1) is 17.9. The molecule has 2 aromatic rings. The second kappa shape index (κ2) is 7.93. The summed E-state index contributed by atoms with van der Waals surface area (Å²) in [5.74, 6) is 1.60. The average molecular weight is 350 g/mol. The van der Waals surface area contributed by atoms with Crippen molar-refractivity contribution in [1.82, 2.24) is 4.90 Å². The molecule has 0 aliphatic rings. The van der Waals surface area contributed by atoms with E-state index in [2.05, 4.69) is 0 Å². The van der Waals surface area contributed by atoms with Gasteiger partial charge in [-0.25, -0.2) is 0 Å². The van der Waals surface area contributed by atoms with Crippen molar-refractivity contribution in [3.8, 4) is 17.2 Å². The van der Waals surface area contributed by atoms with Crippen molar-refractivity contribution in [2.75, 3.05) is 28.4 Å². The van der Waals surface area contributed by atoms with Gasteiger partial charge in [-0.05, 0) is 30.3 Å². The van der Waals surface area contributed by atoms with E-state index in [4.69, 9.17) is 25.8 Å². The van der Waals surface area contributed by atoms with Gasteiger partial charge in [0.25, 0.3) is 5.91 Å². The number of ether oxygens (including phenoxy) is 3. The Morgan fingerprint density at radius 1 is 1.00 bits per heavy atom. The summed E-state index contributed by atoms with van der Waals surface area (Å²) in [5.41, 5.74) is 1.29. The summed E-state index contributed by atoms with van der Waals surface area (Å²) in [6, 6.07) is 10.4. The molecule has 0 heterocycles. The predicted octanol–water partition coefficient (Wildman–Crippen LogP) is 3.64. The van der Waals surface area contributed by atoms with Crippen molar-refractivity contribution in [3.05, 3.63) is 52.5 Å². The van der Waals surface area contributed by atoms with Gasteiger partial charge in [0.05, 0.1) is 26.9 Å². The number of amides is 1. The molecule has 5 nitrogen and oxygen atoms in total. The van der Waals surface area contributed by atoms with Gasteiger partial charge < -0.3 is 19.1 Å². The number of carbonyl (C=O) groups is 1. The highest BCUT2D eigenvalue weighted by Crippen LogP contribution is 2.27. The van der Waals surface area contributed by atoms with Crippen LogP contribution in [0, 0.1) is 0 Å². The Labute approximate surface area is 146 Å². The topological polar surface area (TPSA) is 48.0 Å². The van der Waals surface area contributed by atoms with E-state index < -0.39 is 0 Å². The molecule has 0 aliphatic carbocycles. The van der Waals surface area contributed by atoms with Gasteiger partial charge in [-0.2, -0.15) is 0 Å². The van der Waals surface area contributed by atoms with Gasteiger partial charge in [0.2, 0.25) is 0 Å². The summed E-state index contributed by atoms with van der Waals surface area (Å²) in [6.45, 7) is 0.359. The fourth-order valence-electron chi connectivity index (χ4n) is 2.38. The van der Waals surface area contributed by atoms with Crippen LogP contribution < -0.4 is 14.2 Å². The third kappa shape index (κ3) is 3.92. The monoisotopic (exact) mass is 349 g/mol. The molecule has 128 valence electrons. The van der Waals surface area contributed by atoms with Crippen LogP contribution >= 0.6 is 11.6 Å². The minimum atomic E-state index is -0.170. The molecule has 24 heavy (non-hydrogen) atoms. The molecular formula is C18H20ClNO4. The van der Waals surface area contributed by atoms with E-state index in [1.807, 2.05) is 0 Å².